The highest BCUT2D eigenvalue weighted by Gasteiger charge is 2.10. The van der Waals surface area contributed by atoms with Crippen molar-refractivity contribution in [1.82, 2.24) is 10.3 Å². The second-order valence-electron chi connectivity index (χ2n) is 4.74. The van der Waals surface area contributed by atoms with Crippen molar-refractivity contribution in [3.63, 3.8) is 0 Å². The van der Waals surface area contributed by atoms with E-state index in [0.717, 1.165) is 12.2 Å². The van der Waals surface area contributed by atoms with Gasteiger partial charge in [0.05, 0.1) is 5.69 Å². The van der Waals surface area contributed by atoms with Gasteiger partial charge < -0.3 is 17.7 Å². The molecule has 96 valence electrons. The summed E-state index contributed by atoms with van der Waals surface area (Å²) in [4.78, 5) is 4.34. The molecular weight excluding hydrogens is 232 g/mol. The van der Waals surface area contributed by atoms with Crippen LogP contribution in [0.3, 0.4) is 0 Å². The maximum atomic E-state index is 4.34. The van der Waals surface area contributed by atoms with Crippen LogP contribution in [0.2, 0.25) is 0 Å². The third-order valence-electron chi connectivity index (χ3n) is 3.40. The first-order valence-electron chi connectivity index (χ1n) is 6.58. The molecule has 3 heteroatoms. The monoisotopic (exact) mass is 253 g/mol. The summed E-state index contributed by atoms with van der Waals surface area (Å²) in [5, 5.41) is 3.64. The molecular formula is C14H22ClN2-. The van der Waals surface area contributed by atoms with Gasteiger partial charge in [-0.25, -0.2) is 0 Å². The van der Waals surface area contributed by atoms with E-state index in [9.17, 15) is 0 Å². The molecule has 1 fully saturated rings. The number of halogens is 1. The van der Waals surface area contributed by atoms with Crippen LogP contribution < -0.4 is 17.7 Å². The SMILES string of the molecule is [Cl-].c1ccc(CNC2CCCCCCC2)nc1. The Morgan fingerprint density at radius 2 is 1.76 bits per heavy atom. The van der Waals surface area contributed by atoms with E-state index in [0.29, 0.717) is 6.04 Å². The van der Waals surface area contributed by atoms with Crippen LogP contribution in [-0.4, -0.2) is 11.0 Å². The van der Waals surface area contributed by atoms with Gasteiger partial charge in [0.15, 0.2) is 0 Å². The molecule has 0 amide bonds. The number of hydrogen-bond donors (Lipinski definition) is 1. The molecule has 0 bridgehead atoms. The van der Waals surface area contributed by atoms with Gasteiger partial charge in [-0.05, 0) is 25.0 Å². The predicted octanol–water partition coefficient (Wildman–Crippen LogP) is 0.288. The van der Waals surface area contributed by atoms with Crippen LogP contribution in [0.25, 0.3) is 0 Å². The van der Waals surface area contributed by atoms with Crippen LogP contribution in [0.1, 0.15) is 50.6 Å². The summed E-state index contributed by atoms with van der Waals surface area (Å²) in [7, 11) is 0. The smallest absolute Gasteiger partial charge is 0.0541 e. The molecule has 0 unspecified atom stereocenters. The Hall–Kier alpha value is -0.600. The highest BCUT2D eigenvalue weighted by Crippen LogP contribution is 2.17. The Morgan fingerprint density at radius 3 is 2.41 bits per heavy atom. The second-order valence-corrected chi connectivity index (χ2v) is 4.74. The van der Waals surface area contributed by atoms with E-state index in [4.69, 9.17) is 0 Å². The lowest BCUT2D eigenvalue weighted by molar-refractivity contribution is -0.00000352. The first-order valence-corrected chi connectivity index (χ1v) is 6.58. The van der Waals surface area contributed by atoms with Gasteiger partial charge in [0.2, 0.25) is 0 Å². The van der Waals surface area contributed by atoms with E-state index in [1.54, 1.807) is 0 Å². The molecule has 2 rings (SSSR count). The molecule has 1 aliphatic carbocycles. The molecule has 0 aromatic carbocycles. The molecule has 0 spiro atoms. The standard InChI is InChI=1S/C14H22N2.ClH/c1-2-4-8-13(9-5-3-1)16-12-14-10-6-7-11-15-14;/h6-7,10-11,13,16H,1-5,8-9,12H2;1H/p-1. The van der Waals surface area contributed by atoms with Crippen molar-refractivity contribution in [2.75, 3.05) is 0 Å². The van der Waals surface area contributed by atoms with Gasteiger partial charge in [-0.3, -0.25) is 4.98 Å². The lowest BCUT2D eigenvalue weighted by Crippen LogP contribution is -3.00. The van der Waals surface area contributed by atoms with Crippen molar-refractivity contribution in [1.29, 1.82) is 0 Å². The van der Waals surface area contributed by atoms with E-state index in [1.165, 1.54) is 44.9 Å². The molecule has 2 nitrogen and oxygen atoms in total. The Morgan fingerprint density at radius 1 is 1.06 bits per heavy atom. The van der Waals surface area contributed by atoms with E-state index in [1.807, 2.05) is 12.3 Å². The van der Waals surface area contributed by atoms with Crippen molar-refractivity contribution < 1.29 is 12.4 Å². The quantitative estimate of drug-likeness (QED) is 0.838. The number of rotatable bonds is 3. The zero-order valence-electron chi connectivity index (χ0n) is 10.4. The van der Waals surface area contributed by atoms with Crippen LogP contribution in [0.15, 0.2) is 24.4 Å². The Balaban J connectivity index is 0.00000144. The molecule has 0 atom stereocenters. The third-order valence-corrected chi connectivity index (χ3v) is 3.40. The van der Waals surface area contributed by atoms with Gasteiger partial charge in [-0.15, -0.1) is 0 Å². The largest absolute Gasteiger partial charge is 1.00 e. The summed E-state index contributed by atoms with van der Waals surface area (Å²) in [5.74, 6) is 0. The van der Waals surface area contributed by atoms with Crippen molar-refractivity contribution in [3.05, 3.63) is 30.1 Å². The summed E-state index contributed by atoms with van der Waals surface area (Å²) in [6, 6.07) is 6.83. The minimum absolute atomic E-state index is 0. The molecule has 1 N–H and O–H groups in total. The Kier molecular flexibility index (Phi) is 7.22. The fourth-order valence-corrected chi connectivity index (χ4v) is 2.41. The van der Waals surface area contributed by atoms with E-state index in [2.05, 4.69) is 22.4 Å². The number of aromatic nitrogens is 1. The molecule has 0 radical (unpaired) electrons. The van der Waals surface area contributed by atoms with Crippen molar-refractivity contribution in [2.24, 2.45) is 0 Å². The molecule has 17 heavy (non-hydrogen) atoms. The topological polar surface area (TPSA) is 24.9 Å². The first kappa shape index (κ1) is 14.5. The number of nitrogens with zero attached hydrogens (tertiary/aromatic N) is 1. The highest BCUT2D eigenvalue weighted by atomic mass is 35.5. The number of hydrogen-bond acceptors (Lipinski definition) is 2. The summed E-state index contributed by atoms with van der Waals surface area (Å²) >= 11 is 0. The lowest BCUT2D eigenvalue weighted by atomic mass is 9.97. The van der Waals surface area contributed by atoms with Crippen LogP contribution in [0.5, 0.6) is 0 Å². The fraction of sp³-hybridized carbons (Fsp3) is 0.643. The van der Waals surface area contributed by atoms with Gasteiger partial charge in [0.1, 0.15) is 0 Å². The van der Waals surface area contributed by atoms with E-state index >= 15 is 0 Å². The van der Waals surface area contributed by atoms with Crippen LogP contribution in [0.4, 0.5) is 0 Å². The molecule has 1 aromatic rings. The predicted molar refractivity (Wildman–Crippen MR) is 67.2 cm³/mol. The second kappa shape index (κ2) is 8.48. The van der Waals surface area contributed by atoms with Crippen LogP contribution in [0, 0.1) is 0 Å². The minimum Gasteiger partial charge on any atom is -1.00 e. The van der Waals surface area contributed by atoms with Crippen molar-refractivity contribution >= 4 is 0 Å². The number of nitrogens with one attached hydrogen (secondary N) is 1. The normalized spacial score (nSPS) is 17.9. The first-order chi connectivity index (χ1) is 7.95. The van der Waals surface area contributed by atoms with Gasteiger partial charge in [-0.2, -0.15) is 0 Å². The van der Waals surface area contributed by atoms with Crippen LogP contribution in [-0.2, 0) is 6.54 Å². The molecule has 1 aliphatic rings. The average molecular weight is 254 g/mol. The number of pyridine rings is 1. The molecule has 1 heterocycles. The van der Waals surface area contributed by atoms with Crippen LogP contribution >= 0.6 is 0 Å². The maximum absolute atomic E-state index is 4.34. The minimum atomic E-state index is 0. The van der Waals surface area contributed by atoms with E-state index in [-0.39, 0.29) is 12.4 Å². The molecule has 1 aromatic heterocycles. The maximum Gasteiger partial charge on any atom is 0.0541 e. The Bertz CT molecular complexity index is 282. The molecule has 0 aliphatic heterocycles. The average Bonchev–Trinajstić information content (AvgIpc) is 2.29. The summed E-state index contributed by atoms with van der Waals surface area (Å²) in [6.45, 7) is 0.922. The van der Waals surface area contributed by atoms with Crippen molar-refractivity contribution in [3.8, 4) is 0 Å². The zero-order chi connectivity index (χ0) is 11.1. The fourth-order valence-electron chi connectivity index (χ4n) is 2.41. The van der Waals surface area contributed by atoms with E-state index < -0.39 is 0 Å². The zero-order valence-corrected chi connectivity index (χ0v) is 11.1. The van der Waals surface area contributed by atoms with Crippen molar-refractivity contribution in [2.45, 2.75) is 57.5 Å². The lowest BCUT2D eigenvalue weighted by Gasteiger charge is -2.20. The Labute approximate surface area is 111 Å². The van der Waals surface area contributed by atoms with Gasteiger partial charge in [-0.1, -0.05) is 38.2 Å². The summed E-state index contributed by atoms with van der Waals surface area (Å²) < 4.78 is 0. The molecule has 0 saturated heterocycles. The third kappa shape index (κ3) is 5.51. The molecule has 1 saturated carbocycles. The summed E-state index contributed by atoms with van der Waals surface area (Å²) in [6.07, 6.45) is 11.6. The highest BCUT2D eigenvalue weighted by molar-refractivity contribution is 5.03. The van der Waals surface area contributed by atoms with Gasteiger partial charge in [0.25, 0.3) is 0 Å². The summed E-state index contributed by atoms with van der Waals surface area (Å²) in [5.41, 5.74) is 1.16. The van der Waals surface area contributed by atoms with Gasteiger partial charge in [0, 0.05) is 18.8 Å². The van der Waals surface area contributed by atoms with Gasteiger partial charge >= 0.3 is 0 Å².